The van der Waals surface area contributed by atoms with Gasteiger partial charge in [-0.05, 0) is 42.5 Å². The highest BCUT2D eigenvalue weighted by atomic mass is 19.1. The summed E-state index contributed by atoms with van der Waals surface area (Å²) in [4.78, 5) is 24.8. The summed E-state index contributed by atoms with van der Waals surface area (Å²) >= 11 is 0. The molecule has 0 aliphatic rings. The summed E-state index contributed by atoms with van der Waals surface area (Å²) in [6.07, 6.45) is 4.41. The molecule has 2 aromatic carbocycles. The summed E-state index contributed by atoms with van der Waals surface area (Å²) in [5.74, 6) is -0.846. The van der Waals surface area contributed by atoms with Crippen LogP contribution >= 0.6 is 0 Å². The fourth-order valence-electron chi connectivity index (χ4n) is 2.73. The molecule has 0 saturated heterocycles. The molecule has 0 fully saturated rings. The zero-order valence-corrected chi connectivity index (χ0v) is 14.4. The third kappa shape index (κ3) is 3.37. The maximum Gasteiger partial charge on any atom is 0.320 e. The molecule has 9 heteroatoms. The van der Waals surface area contributed by atoms with Gasteiger partial charge in [-0.3, -0.25) is 14.2 Å². The summed E-state index contributed by atoms with van der Waals surface area (Å²) in [5, 5.41) is 7.87. The number of rotatable bonds is 4. The molecule has 4 aromatic rings. The van der Waals surface area contributed by atoms with Crippen LogP contribution < -0.4 is 11.1 Å². The lowest BCUT2D eigenvalue weighted by Crippen LogP contribution is -2.40. The number of hydrogen-bond acceptors (Lipinski definition) is 4. The third-order valence-corrected chi connectivity index (χ3v) is 4.11. The number of hydrogen-bond donors (Lipinski definition) is 0. The second-order valence-corrected chi connectivity index (χ2v) is 6.02. The third-order valence-electron chi connectivity index (χ3n) is 4.11. The Kier molecular flexibility index (Phi) is 4.40. The minimum atomic E-state index is -0.772. The van der Waals surface area contributed by atoms with Crippen LogP contribution in [0.5, 0.6) is 0 Å². The molecule has 7 nitrogen and oxygen atoms in total. The molecule has 0 aliphatic carbocycles. The van der Waals surface area contributed by atoms with Crippen LogP contribution in [0.4, 0.5) is 8.78 Å². The van der Waals surface area contributed by atoms with Gasteiger partial charge in [0.1, 0.15) is 17.3 Å². The van der Waals surface area contributed by atoms with Gasteiger partial charge in [-0.2, -0.15) is 0 Å². The van der Waals surface area contributed by atoms with E-state index in [-0.39, 0.29) is 6.54 Å². The molecule has 0 amide bonds. The molecule has 140 valence electrons. The van der Waals surface area contributed by atoms with E-state index in [1.165, 1.54) is 58.0 Å². The van der Waals surface area contributed by atoms with Crippen LogP contribution in [0.15, 0.2) is 76.7 Å². The van der Waals surface area contributed by atoms with Crippen LogP contribution in [0.25, 0.3) is 11.4 Å². The van der Waals surface area contributed by atoms with E-state index < -0.39 is 22.8 Å². The molecular weight excluding hydrogens is 368 g/mol. The van der Waals surface area contributed by atoms with Gasteiger partial charge >= 0.3 is 11.1 Å². The Balaban J connectivity index is 1.63. The normalized spacial score (nSPS) is 10.9. The average molecular weight is 381 g/mol. The quantitative estimate of drug-likeness (QED) is 0.506. The Labute approximate surface area is 156 Å². The van der Waals surface area contributed by atoms with E-state index in [0.717, 1.165) is 4.57 Å². The van der Waals surface area contributed by atoms with E-state index >= 15 is 0 Å². The molecule has 0 N–H and O–H groups in total. The van der Waals surface area contributed by atoms with Crippen LogP contribution in [-0.4, -0.2) is 24.1 Å². The van der Waals surface area contributed by atoms with Crippen molar-refractivity contribution in [1.29, 1.82) is 0 Å². The zero-order chi connectivity index (χ0) is 19.7. The second kappa shape index (κ2) is 7.03. The van der Waals surface area contributed by atoms with Crippen molar-refractivity contribution in [2.75, 3.05) is 0 Å². The zero-order valence-electron chi connectivity index (χ0n) is 14.4. The van der Waals surface area contributed by atoms with Gasteiger partial charge in [0, 0.05) is 18.1 Å². The minimum Gasteiger partial charge on any atom is -0.303 e. The van der Waals surface area contributed by atoms with Gasteiger partial charge in [0.25, 0.3) is 0 Å². The molecule has 2 aromatic heterocycles. The summed E-state index contributed by atoms with van der Waals surface area (Å²) in [7, 11) is 0. The molecule has 0 saturated carbocycles. The van der Waals surface area contributed by atoms with Crippen molar-refractivity contribution < 1.29 is 8.78 Å². The Morgan fingerprint density at radius 1 is 0.857 bits per heavy atom. The van der Waals surface area contributed by atoms with Gasteiger partial charge in [0.15, 0.2) is 0 Å². The van der Waals surface area contributed by atoms with Crippen molar-refractivity contribution in [1.82, 2.24) is 24.1 Å². The smallest absolute Gasteiger partial charge is 0.303 e. The average Bonchev–Trinajstić information content (AvgIpc) is 3.15. The van der Waals surface area contributed by atoms with Crippen molar-refractivity contribution >= 4 is 0 Å². The summed E-state index contributed by atoms with van der Waals surface area (Å²) < 4.78 is 30.1. The Bertz CT molecular complexity index is 1260. The number of benzene rings is 2. The number of halogens is 2. The molecule has 4 rings (SSSR count). The molecule has 0 spiro atoms. The molecule has 0 unspecified atom stereocenters. The van der Waals surface area contributed by atoms with Crippen LogP contribution in [0, 0.1) is 11.6 Å². The van der Waals surface area contributed by atoms with E-state index in [9.17, 15) is 18.4 Å². The van der Waals surface area contributed by atoms with Gasteiger partial charge in [-0.1, -0.05) is 11.3 Å². The van der Waals surface area contributed by atoms with E-state index in [2.05, 4.69) is 10.3 Å². The van der Waals surface area contributed by atoms with Crippen LogP contribution in [0.2, 0.25) is 0 Å². The first-order valence-electron chi connectivity index (χ1n) is 8.26. The fraction of sp³-hybridized carbons (Fsp3) is 0.0526. The lowest BCUT2D eigenvalue weighted by Gasteiger charge is -2.07. The van der Waals surface area contributed by atoms with Gasteiger partial charge in [-0.25, -0.2) is 13.5 Å². The molecule has 2 heterocycles. The van der Waals surface area contributed by atoms with E-state index in [1.807, 2.05) is 0 Å². The fourth-order valence-corrected chi connectivity index (χ4v) is 2.73. The van der Waals surface area contributed by atoms with Gasteiger partial charge in [0.2, 0.25) is 0 Å². The molecule has 0 bridgehead atoms. The first kappa shape index (κ1) is 17.5. The summed E-state index contributed by atoms with van der Waals surface area (Å²) in [6.45, 7) is 0.0215. The Morgan fingerprint density at radius 3 is 2.39 bits per heavy atom. The second-order valence-electron chi connectivity index (χ2n) is 6.02. The number of aromatic nitrogens is 5. The molecular formula is C19H13F2N5O2. The monoisotopic (exact) mass is 381 g/mol. The van der Waals surface area contributed by atoms with Crippen molar-refractivity contribution in [3.63, 3.8) is 0 Å². The van der Waals surface area contributed by atoms with Gasteiger partial charge in [-0.15, -0.1) is 5.10 Å². The standard InChI is InChI=1S/C19H13F2N5O2/c20-13-4-6-16(7-5-13)25-9-8-24(18(27)19(25)28)11-15-12-26(23-22-15)17-3-1-2-14(21)10-17/h1-10,12H,11H2. The first-order chi connectivity index (χ1) is 13.5. The van der Waals surface area contributed by atoms with E-state index in [0.29, 0.717) is 17.1 Å². The highest BCUT2D eigenvalue weighted by Gasteiger charge is 2.10. The van der Waals surface area contributed by atoms with Crippen molar-refractivity contribution in [2.24, 2.45) is 0 Å². The molecule has 0 atom stereocenters. The molecule has 0 radical (unpaired) electrons. The SMILES string of the molecule is O=c1c(=O)n(-c2ccc(F)cc2)ccn1Cc1cn(-c2cccc(F)c2)nn1. The van der Waals surface area contributed by atoms with Crippen LogP contribution in [0.3, 0.4) is 0 Å². The predicted molar refractivity (Wildman–Crippen MR) is 96.7 cm³/mol. The highest BCUT2D eigenvalue weighted by molar-refractivity contribution is 5.32. The lowest BCUT2D eigenvalue weighted by atomic mass is 10.3. The number of nitrogens with zero attached hydrogens (tertiary/aromatic N) is 5. The largest absolute Gasteiger partial charge is 0.320 e. The van der Waals surface area contributed by atoms with Gasteiger partial charge in [0.05, 0.1) is 18.4 Å². The highest BCUT2D eigenvalue weighted by Crippen LogP contribution is 2.09. The van der Waals surface area contributed by atoms with Crippen molar-refractivity contribution in [2.45, 2.75) is 6.54 Å². The summed E-state index contributed by atoms with van der Waals surface area (Å²) in [5.41, 5.74) is -0.241. The predicted octanol–water partition coefficient (Wildman–Crippen LogP) is 1.91. The maximum atomic E-state index is 13.3. The molecule has 28 heavy (non-hydrogen) atoms. The van der Waals surface area contributed by atoms with Crippen LogP contribution in [-0.2, 0) is 6.54 Å². The van der Waals surface area contributed by atoms with Gasteiger partial charge < -0.3 is 4.57 Å². The van der Waals surface area contributed by atoms with Crippen molar-refractivity contribution in [3.05, 3.63) is 105 Å². The van der Waals surface area contributed by atoms with Crippen LogP contribution in [0.1, 0.15) is 5.69 Å². The van der Waals surface area contributed by atoms with E-state index in [1.54, 1.807) is 18.3 Å². The minimum absolute atomic E-state index is 0.0215. The maximum absolute atomic E-state index is 13.3. The lowest BCUT2D eigenvalue weighted by molar-refractivity contribution is 0.624. The molecule has 0 aliphatic heterocycles. The van der Waals surface area contributed by atoms with Crippen molar-refractivity contribution in [3.8, 4) is 11.4 Å². The first-order valence-corrected chi connectivity index (χ1v) is 8.26. The van der Waals surface area contributed by atoms with E-state index in [4.69, 9.17) is 0 Å². The Morgan fingerprint density at radius 2 is 1.64 bits per heavy atom. The summed E-state index contributed by atoms with van der Waals surface area (Å²) in [6, 6.07) is 11.1. The topological polar surface area (TPSA) is 74.7 Å². The Hall–Kier alpha value is -3.88.